The molecule has 0 aromatic carbocycles. The fraction of sp³-hybridized carbons (Fsp3) is 0.538. The number of amides is 2. The zero-order valence-electron chi connectivity index (χ0n) is 10.4. The summed E-state index contributed by atoms with van der Waals surface area (Å²) in [5.74, 6) is 0.633. The molecule has 1 aromatic heterocycles. The molecule has 2 amide bonds. The van der Waals surface area contributed by atoms with Gasteiger partial charge in [0.15, 0.2) is 0 Å². The predicted molar refractivity (Wildman–Crippen MR) is 66.4 cm³/mol. The molecule has 0 unspecified atom stereocenters. The number of hydrogen-bond acceptors (Lipinski definition) is 2. The molecule has 0 aliphatic heterocycles. The van der Waals surface area contributed by atoms with Gasteiger partial charge < -0.3 is 10.6 Å². The van der Waals surface area contributed by atoms with Gasteiger partial charge in [-0.25, -0.2) is 4.79 Å². The molecule has 1 aliphatic carbocycles. The van der Waals surface area contributed by atoms with E-state index >= 15 is 0 Å². The third-order valence-electron chi connectivity index (χ3n) is 3.24. The van der Waals surface area contributed by atoms with E-state index in [0.29, 0.717) is 12.5 Å². The van der Waals surface area contributed by atoms with Crippen LogP contribution in [0.5, 0.6) is 0 Å². The second-order valence-corrected chi connectivity index (χ2v) is 5.16. The normalized spacial score (nSPS) is 15.4. The summed E-state index contributed by atoms with van der Waals surface area (Å²) in [6.45, 7) is 4.70. The first-order valence-electron chi connectivity index (χ1n) is 6.03. The lowest BCUT2D eigenvalue weighted by molar-refractivity contribution is 0.225. The van der Waals surface area contributed by atoms with E-state index in [-0.39, 0.29) is 11.6 Å². The number of nitrogens with one attached hydrogen (secondary N) is 2. The van der Waals surface area contributed by atoms with Gasteiger partial charge in [0.25, 0.3) is 0 Å². The summed E-state index contributed by atoms with van der Waals surface area (Å²) in [6.07, 6.45) is 5.89. The van der Waals surface area contributed by atoms with E-state index in [1.807, 2.05) is 12.1 Å². The standard InChI is InChI=1S/C13H19N3O/c1-13(2,11-3-4-11)16-12(17)15-9-10-5-7-14-8-6-10/h5-8,11H,3-4,9H2,1-2H3,(H2,15,16,17). The van der Waals surface area contributed by atoms with E-state index in [2.05, 4.69) is 29.5 Å². The molecule has 2 N–H and O–H groups in total. The minimum Gasteiger partial charge on any atom is -0.334 e. The third kappa shape index (κ3) is 3.44. The topological polar surface area (TPSA) is 54.0 Å². The first kappa shape index (κ1) is 11.9. The van der Waals surface area contributed by atoms with Crippen LogP contribution in [0.15, 0.2) is 24.5 Å². The minimum absolute atomic E-state index is 0.0949. The Balaban J connectivity index is 1.78. The lowest BCUT2D eigenvalue weighted by Gasteiger charge is -2.26. The Bertz CT molecular complexity index is 385. The average molecular weight is 233 g/mol. The fourth-order valence-electron chi connectivity index (χ4n) is 1.93. The second kappa shape index (κ2) is 4.73. The summed E-state index contributed by atoms with van der Waals surface area (Å²) in [6, 6.07) is 3.69. The number of carbonyl (C=O) groups excluding carboxylic acids is 1. The van der Waals surface area contributed by atoms with Gasteiger partial charge in [-0.15, -0.1) is 0 Å². The van der Waals surface area contributed by atoms with E-state index in [9.17, 15) is 4.79 Å². The van der Waals surface area contributed by atoms with Crippen molar-refractivity contribution in [2.24, 2.45) is 5.92 Å². The average Bonchev–Trinajstić information content (AvgIpc) is 3.11. The van der Waals surface area contributed by atoms with Crippen LogP contribution in [0.25, 0.3) is 0 Å². The summed E-state index contributed by atoms with van der Waals surface area (Å²) in [5, 5.41) is 5.88. The van der Waals surface area contributed by atoms with Crippen molar-refractivity contribution in [2.75, 3.05) is 0 Å². The smallest absolute Gasteiger partial charge is 0.315 e. The molecular formula is C13H19N3O. The Morgan fingerprint density at radius 1 is 1.41 bits per heavy atom. The summed E-state index contributed by atoms with van der Waals surface area (Å²) < 4.78 is 0. The monoisotopic (exact) mass is 233 g/mol. The van der Waals surface area contributed by atoms with Crippen molar-refractivity contribution in [2.45, 2.75) is 38.8 Å². The minimum atomic E-state index is -0.0984. The predicted octanol–water partition coefficient (Wildman–Crippen LogP) is 2.07. The molecular weight excluding hydrogens is 214 g/mol. The van der Waals surface area contributed by atoms with Crippen LogP contribution in [0.1, 0.15) is 32.3 Å². The molecule has 0 radical (unpaired) electrons. The Morgan fingerprint density at radius 2 is 2.06 bits per heavy atom. The molecule has 1 aliphatic rings. The highest BCUT2D eigenvalue weighted by atomic mass is 16.2. The van der Waals surface area contributed by atoms with Crippen LogP contribution in [0.4, 0.5) is 4.79 Å². The zero-order valence-corrected chi connectivity index (χ0v) is 10.4. The number of rotatable bonds is 4. The van der Waals surface area contributed by atoms with Crippen LogP contribution in [0.2, 0.25) is 0 Å². The molecule has 1 saturated carbocycles. The maximum absolute atomic E-state index is 11.7. The molecule has 0 bridgehead atoms. The van der Waals surface area contributed by atoms with Crippen molar-refractivity contribution < 1.29 is 4.79 Å². The quantitative estimate of drug-likeness (QED) is 0.836. The number of aromatic nitrogens is 1. The number of pyridine rings is 1. The number of hydrogen-bond donors (Lipinski definition) is 2. The maximum Gasteiger partial charge on any atom is 0.315 e. The van der Waals surface area contributed by atoms with Crippen LogP contribution < -0.4 is 10.6 Å². The van der Waals surface area contributed by atoms with Gasteiger partial charge in [0, 0.05) is 24.5 Å². The van der Waals surface area contributed by atoms with Gasteiger partial charge in [0.1, 0.15) is 0 Å². The van der Waals surface area contributed by atoms with Crippen molar-refractivity contribution in [1.82, 2.24) is 15.6 Å². The molecule has 0 saturated heterocycles. The molecule has 92 valence electrons. The van der Waals surface area contributed by atoms with Crippen molar-refractivity contribution in [3.8, 4) is 0 Å². The van der Waals surface area contributed by atoms with Crippen LogP contribution in [-0.2, 0) is 6.54 Å². The highest BCUT2D eigenvalue weighted by Gasteiger charge is 2.38. The molecule has 17 heavy (non-hydrogen) atoms. The molecule has 0 atom stereocenters. The van der Waals surface area contributed by atoms with Gasteiger partial charge in [0.2, 0.25) is 0 Å². The van der Waals surface area contributed by atoms with Gasteiger partial charge in [-0.1, -0.05) is 0 Å². The highest BCUT2D eigenvalue weighted by Crippen LogP contribution is 2.39. The lowest BCUT2D eigenvalue weighted by atomic mass is 9.99. The molecule has 1 fully saturated rings. The Labute approximate surface area is 102 Å². The SMILES string of the molecule is CC(C)(NC(=O)NCc1ccncc1)C1CC1. The molecule has 4 heteroatoms. The molecule has 1 aromatic rings. The molecule has 2 rings (SSSR count). The summed E-state index contributed by atoms with van der Waals surface area (Å²) in [7, 11) is 0. The fourth-order valence-corrected chi connectivity index (χ4v) is 1.93. The van der Waals surface area contributed by atoms with Crippen molar-refractivity contribution >= 4 is 6.03 Å². The summed E-state index contributed by atoms with van der Waals surface area (Å²) in [4.78, 5) is 15.7. The van der Waals surface area contributed by atoms with E-state index < -0.39 is 0 Å². The van der Waals surface area contributed by atoms with Crippen LogP contribution in [0, 0.1) is 5.92 Å². The number of urea groups is 1. The maximum atomic E-state index is 11.7. The largest absolute Gasteiger partial charge is 0.334 e. The molecule has 1 heterocycles. The van der Waals surface area contributed by atoms with Gasteiger partial charge >= 0.3 is 6.03 Å². The molecule has 4 nitrogen and oxygen atoms in total. The van der Waals surface area contributed by atoms with Gasteiger partial charge in [0.05, 0.1) is 0 Å². The summed E-state index contributed by atoms with van der Waals surface area (Å²) >= 11 is 0. The van der Waals surface area contributed by atoms with Crippen LogP contribution in [0.3, 0.4) is 0 Å². The summed E-state index contributed by atoms with van der Waals surface area (Å²) in [5.41, 5.74) is 0.960. The van der Waals surface area contributed by atoms with Crippen molar-refractivity contribution in [1.29, 1.82) is 0 Å². The van der Waals surface area contributed by atoms with Gasteiger partial charge in [-0.3, -0.25) is 4.98 Å². The third-order valence-corrected chi connectivity index (χ3v) is 3.24. The number of carbonyl (C=O) groups is 1. The van der Waals surface area contributed by atoms with Crippen molar-refractivity contribution in [3.63, 3.8) is 0 Å². The Hall–Kier alpha value is -1.58. The Morgan fingerprint density at radius 3 is 2.65 bits per heavy atom. The van der Waals surface area contributed by atoms with Crippen LogP contribution in [-0.4, -0.2) is 16.6 Å². The first-order valence-corrected chi connectivity index (χ1v) is 6.03. The van der Waals surface area contributed by atoms with E-state index in [4.69, 9.17) is 0 Å². The van der Waals surface area contributed by atoms with E-state index in [1.165, 1.54) is 12.8 Å². The van der Waals surface area contributed by atoms with Gasteiger partial charge in [-0.05, 0) is 50.3 Å². The van der Waals surface area contributed by atoms with Crippen molar-refractivity contribution in [3.05, 3.63) is 30.1 Å². The van der Waals surface area contributed by atoms with Gasteiger partial charge in [-0.2, -0.15) is 0 Å². The van der Waals surface area contributed by atoms with Crippen LogP contribution >= 0.6 is 0 Å². The number of nitrogens with zero attached hydrogens (tertiary/aromatic N) is 1. The highest BCUT2D eigenvalue weighted by molar-refractivity contribution is 5.74. The van der Waals surface area contributed by atoms with E-state index in [0.717, 1.165) is 5.56 Å². The lowest BCUT2D eigenvalue weighted by Crippen LogP contribution is -2.49. The molecule has 0 spiro atoms. The Kier molecular flexibility index (Phi) is 3.31. The van der Waals surface area contributed by atoms with E-state index in [1.54, 1.807) is 12.4 Å². The first-order chi connectivity index (χ1) is 8.08. The zero-order chi connectivity index (χ0) is 12.3. The second-order valence-electron chi connectivity index (χ2n) is 5.16.